The van der Waals surface area contributed by atoms with Crippen molar-refractivity contribution in [3.63, 3.8) is 0 Å². The lowest BCUT2D eigenvalue weighted by Crippen LogP contribution is -2.28. The van der Waals surface area contributed by atoms with Gasteiger partial charge >= 0.3 is 0 Å². The van der Waals surface area contributed by atoms with E-state index in [4.69, 9.17) is 23.2 Å². The van der Waals surface area contributed by atoms with Gasteiger partial charge in [0.15, 0.2) is 0 Å². The van der Waals surface area contributed by atoms with Crippen molar-refractivity contribution in [1.29, 1.82) is 0 Å². The first kappa shape index (κ1) is 14.7. The molecule has 1 atom stereocenters. The van der Waals surface area contributed by atoms with Crippen LogP contribution in [0.5, 0.6) is 0 Å². The van der Waals surface area contributed by atoms with E-state index in [1.54, 1.807) is 0 Å². The minimum absolute atomic E-state index is 0.00535. The lowest BCUT2D eigenvalue weighted by atomic mass is 10.1. The third-order valence-corrected chi connectivity index (χ3v) is 3.13. The summed E-state index contributed by atoms with van der Waals surface area (Å²) in [7, 11) is 4.00. The van der Waals surface area contributed by atoms with E-state index in [1.165, 1.54) is 12.1 Å². The average molecular weight is 279 g/mol. The van der Waals surface area contributed by atoms with Crippen molar-refractivity contribution < 1.29 is 4.39 Å². The number of hydrogen-bond acceptors (Lipinski definition) is 2. The van der Waals surface area contributed by atoms with E-state index in [0.29, 0.717) is 5.02 Å². The smallest absolute Gasteiger partial charge is 0.142 e. The second-order valence-electron chi connectivity index (χ2n) is 4.27. The number of rotatable bonds is 5. The molecule has 1 aromatic rings. The Hall–Kier alpha value is -0.350. The van der Waals surface area contributed by atoms with E-state index in [1.807, 2.05) is 21.0 Å². The molecule has 1 unspecified atom stereocenters. The van der Waals surface area contributed by atoms with Crippen LogP contribution in [0.25, 0.3) is 0 Å². The summed E-state index contributed by atoms with van der Waals surface area (Å²) in [5, 5.41) is 3.82. The summed E-state index contributed by atoms with van der Waals surface area (Å²) in [6.45, 7) is 3.68. The molecule has 1 aromatic carbocycles. The van der Waals surface area contributed by atoms with Crippen LogP contribution in [0, 0.1) is 5.82 Å². The predicted molar refractivity (Wildman–Crippen MR) is 71.4 cm³/mol. The molecule has 0 fully saturated rings. The summed E-state index contributed by atoms with van der Waals surface area (Å²) in [5.41, 5.74) is 0.729. The van der Waals surface area contributed by atoms with Crippen LogP contribution in [0.4, 0.5) is 4.39 Å². The Bertz CT molecular complexity index is 383. The SMILES string of the molecule is CC(NCCN(C)C)c1cc(F)c(Cl)cc1Cl. The lowest BCUT2D eigenvalue weighted by Gasteiger charge is -2.18. The quantitative estimate of drug-likeness (QED) is 0.831. The molecule has 0 heterocycles. The van der Waals surface area contributed by atoms with E-state index in [-0.39, 0.29) is 11.1 Å². The molecule has 1 N–H and O–H groups in total. The molecule has 0 spiro atoms. The second-order valence-corrected chi connectivity index (χ2v) is 5.08. The van der Waals surface area contributed by atoms with E-state index in [0.717, 1.165) is 18.7 Å². The van der Waals surface area contributed by atoms with Crippen molar-refractivity contribution in [3.05, 3.63) is 33.6 Å². The Balaban J connectivity index is 2.68. The maximum absolute atomic E-state index is 13.3. The van der Waals surface area contributed by atoms with Crippen molar-refractivity contribution in [3.8, 4) is 0 Å². The summed E-state index contributed by atoms with van der Waals surface area (Å²) in [5.74, 6) is -0.438. The van der Waals surface area contributed by atoms with Crippen molar-refractivity contribution in [2.24, 2.45) is 0 Å². The van der Waals surface area contributed by atoms with Gasteiger partial charge in [0.05, 0.1) is 5.02 Å². The van der Waals surface area contributed by atoms with Crippen molar-refractivity contribution in [2.45, 2.75) is 13.0 Å². The summed E-state index contributed by atoms with van der Waals surface area (Å²) >= 11 is 11.7. The molecule has 5 heteroatoms. The average Bonchev–Trinajstić information content (AvgIpc) is 2.22. The highest BCUT2D eigenvalue weighted by Gasteiger charge is 2.12. The molecule has 0 bridgehead atoms. The largest absolute Gasteiger partial charge is 0.309 e. The molecule has 0 saturated carbocycles. The maximum Gasteiger partial charge on any atom is 0.142 e. The Labute approximate surface area is 112 Å². The number of benzene rings is 1. The fraction of sp³-hybridized carbons (Fsp3) is 0.500. The number of hydrogen-bond donors (Lipinski definition) is 1. The van der Waals surface area contributed by atoms with Gasteiger partial charge in [0.2, 0.25) is 0 Å². The highest BCUT2D eigenvalue weighted by molar-refractivity contribution is 6.35. The minimum atomic E-state index is -0.438. The molecule has 17 heavy (non-hydrogen) atoms. The van der Waals surface area contributed by atoms with Crippen molar-refractivity contribution in [1.82, 2.24) is 10.2 Å². The van der Waals surface area contributed by atoms with Crippen LogP contribution >= 0.6 is 23.2 Å². The summed E-state index contributed by atoms with van der Waals surface area (Å²) in [6.07, 6.45) is 0. The predicted octanol–water partition coefficient (Wildman–Crippen LogP) is 3.34. The van der Waals surface area contributed by atoms with Gasteiger partial charge in [-0.1, -0.05) is 23.2 Å². The van der Waals surface area contributed by atoms with E-state index in [9.17, 15) is 4.39 Å². The van der Waals surface area contributed by atoms with Gasteiger partial charge in [0.1, 0.15) is 5.82 Å². The Kier molecular flexibility index (Phi) is 5.67. The topological polar surface area (TPSA) is 15.3 Å². The zero-order valence-corrected chi connectivity index (χ0v) is 11.7. The van der Waals surface area contributed by atoms with Gasteiger partial charge in [-0.05, 0) is 38.7 Å². The Morgan fingerprint density at radius 3 is 2.53 bits per heavy atom. The van der Waals surface area contributed by atoms with E-state index >= 15 is 0 Å². The molecule has 0 aromatic heterocycles. The number of nitrogens with zero attached hydrogens (tertiary/aromatic N) is 1. The number of likely N-dealkylation sites (N-methyl/N-ethyl adjacent to an activating group) is 1. The zero-order chi connectivity index (χ0) is 13.0. The summed E-state index contributed by atoms with van der Waals surface area (Å²) < 4.78 is 13.3. The van der Waals surface area contributed by atoms with Gasteiger partial charge in [-0.25, -0.2) is 4.39 Å². The molecule has 0 aliphatic heterocycles. The normalized spacial score (nSPS) is 13.1. The lowest BCUT2D eigenvalue weighted by molar-refractivity contribution is 0.389. The highest BCUT2D eigenvalue weighted by Crippen LogP contribution is 2.28. The molecular formula is C12H17Cl2FN2. The number of halogens is 3. The summed E-state index contributed by atoms with van der Waals surface area (Å²) in [6, 6.07) is 2.82. The minimum Gasteiger partial charge on any atom is -0.309 e. The molecule has 0 radical (unpaired) electrons. The number of nitrogens with one attached hydrogen (secondary N) is 1. The first-order valence-corrected chi connectivity index (χ1v) is 6.20. The van der Waals surface area contributed by atoms with Crippen LogP contribution in [-0.2, 0) is 0 Å². The van der Waals surface area contributed by atoms with Crippen LogP contribution in [0.1, 0.15) is 18.5 Å². The molecule has 0 aliphatic carbocycles. The van der Waals surface area contributed by atoms with Crippen LogP contribution in [0.15, 0.2) is 12.1 Å². The van der Waals surface area contributed by atoms with Crippen molar-refractivity contribution in [2.75, 3.05) is 27.2 Å². The maximum atomic E-state index is 13.3. The molecule has 1 rings (SSSR count). The van der Waals surface area contributed by atoms with Gasteiger partial charge in [-0.2, -0.15) is 0 Å². The van der Waals surface area contributed by atoms with Gasteiger partial charge in [0.25, 0.3) is 0 Å². The molecule has 0 amide bonds. The molecular weight excluding hydrogens is 262 g/mol. The standard InChI is InChI=1S/C12H17Cl2FN2/c1-8(16-4-5-17(2)3)9-6-12(15)11(14)7-10(9)13/h6-8,16H,4-5H2,1-3H3. The van der Waals surface area contributed by atoms with Crippen LogP contribution in [-0.4, -0.2) is 32.1 Å². The van der Waals surface area contributed by atoms with Crippen LogP contribution < -0.4 is 5.32 Å². The first-order valence-electron chi connectivity index (χ1n) is 5.44. The molecule has 0 aliphatic rings. The van der Waals surface area contributed by atoms with Gasteiger partial charge < -0.3 is 10.2 Å². The zero-order valence-electron chi connectivity index (χ0n) is 10.2. The third-order valence-electron chi connectivity index (χ3n) is 2.52. The Morgan fingerprint density at radius 1 is 1.29 bits per heavy atom. The van der Waals surface area contributed by atoms with Crippen LogP contribution in [0.3, 0.4) is 0 Å². The highest BCUT2D eigenvalue weighted by atomic mass is 35.5. The fourth-order valence-electron chi connectivity index (χ4n) is 1.48. The van der Waals surface area contributed by atoms with Crippen molar-refractivity contribution >= 4 is 23.2 Å². The molecule has 0 saturated heterocycles. The first-order chi connectivity index (χ1) is 7.91. The van der Waals surface area contributed by atoms with E-state index in [2.05, 4.69) is 10.2 Å². The van der Waals surface area contributed by atoms with Crippen LogP contribution in [0.2, 0.25) is 10.0 Å². The van der Waals surface area contributed by atoms with Gasteiger partial charge in [-0.3, -0.25) is 0 Å². The van der Waals surface area contributed by atoms with Gasteiger partial charge in [-0.15, -0.1) is 0 Å². The Morgan fingerprint density at radius 2 is 1.94 bits per heavy atom. The fourth-order valence-corrected chi connectivity index (χ4v) is 2.03. The van der Waals surface area contributed by atoms with Gasteiger partial charge in [0, 0.05) is 24.2 Å². The van der Waals surface area contributed by atoms with E-state index < -0.39 is 5.82 Å². The summed E-state index contributed by atoms with van der Waals surface area (Å²) in [4.78, 5) is 2.07. The second kappa shape index (κ2) is 6.55. The third kappa shape index (κ3) is 4.43. The monoisotopic (exact) mass is 278 g/mol. The molecule has 96 valence electrons. The molecule has 2 nitrogen and oxygen atoms in total.